The molecule has 0 atom stereocenters. The molecule has 1 fully saturated rings. The molecule has 1 aliphatic heterocycles. The lowest BCUT2D eigenvalue weighted by molar-refractivity contribution is 0.255. The van der Waals surface area contributed by atoms with Gasteiger partial charge < -0.3 is 20.0 Å². The van der Waals surface area contributed by atoms with E-state index >= 15 is 0 Å². The number of hydrogen-bond acceptors (Lipinski definition) is 6. The van der Waals surface area contributed by atoms with E-state index in [4.69, 9.17) is 4.42 Å². The van der Waals surface area contributed by atoms with E-state index < -0.39 is 0 Å². The standard InChI is InChI=1S/C20H31N7O/c1-2-21-19(23-11-7-18-6-3-17-28-18)22-10-5-12-26-13-15-27(16-14-26)20-24-8-4-9-25-20/h3-4,6,8-9,17H,2,5,7,10-16H2,1H3,(H2,21,22,23). The van der Waals surface area contributed by atoms with Gasteiger partial charge in [0.2, 0.25) is 5.95 Å². The minimum atomic E-state index is 0.808. The van der Waals surface area contributed by atoms with Crippen LogP contribution in [0.25, 0.3) is 0 Å². The number of hydrogen-bond donors (Lipinski definition) is 2. The SMILES string of the molecule is CCNC(=NCCCN1CCN(c2ncccn2)CC1)NCCc1ccco1. The zero-order valence-corrected chi connectivity index (χ0v) is 16.7. The second-order valence-corrected chi connectivity index (χ2v) is 6.75. The van der Waals surface area contributed by atoms with Gasteiger partial charge in [-0.05, 0) is 31.5 Å². The first-order valence-electron chi connectivity index (χ1n) is 10.1. The van der Waals surface area contributed by atoms with Gasteiger partial charge in [-0.25, -0.2) is 9.97 Å². The maximum absolute atomic E-state index is 5.36. The van der Waals surface area contributed by atoms with Crippen LogP contribution in [-0.2, 0) is 6.42 Å². The molecule has 0 aromatic carbocycles. The summed E-state index contributed by atoms with van der Waals surface area (Å²) >= 11 is 0. The van der Waals surface area contributed by atoms with Gasteiger partial charge in [-0.2, -0.15) is 0 Å². The highest BCUT2D eigenvalue weighted by molar-refractivity contribution is 5.79. The second kappa shape index (κ2) is 11.3. The number of piperazine rings is 1. The molecule has 28 heavy (non-hydrogen) atoms. The lowest BCUT2D eigenvalue weighted by Gasteiger charge is -2.34. The Balaban J connectivity index is 1.32. The second-order valence-electron chi connectivity index (χ2n) is 6.75. The zero-order chi connectivity index (χ0) is 19.4. The van der Waals surface area contributed by atoms with Gasteiger partial charge in [0.1, 0.15) is 5.76 Å². The Kier molecular flexibility index (Phi) is 8.11. The van der Waals surface area contributed by atoms with Crippen LogP contribution in [0.1, 0.15) is 19.1 Å². The fourth-order valence-electron chi connectivity index (χ4n) is 3.21. The van der Waals surface area contributed by atoms with Crippen LogP contribution in [0.4, 0.5) is 5.95 Å². The first-order valence-corrected chi connectivity index (χ1v) is 10.1. The average molecular weight is 386 g/mol. The van der Waals surface area contributed by atoms with E-state index in [1.54, 1.807) is 18.7 Å². The van der Waals surface area contributed by atoms with Crippen molar-refractivity contribution in [3.8, 4) is 0 Å². The predicted octanol–water partition coefficient (Wildman–Crippen LogP) is 1.38. The molecule has 2 aromatic heterocycles. The molecule has 1 aliphatic rings. The van der Waals surface area contributed by atoms with Crippen LogP contribution in [0.5, 0.6) is 0 Å². The van der Waals surface area contributed by atoms with Gasteiger partial charge in [-0.1, -0.05) is 0 Å². The van der Waals surface area contributed by atoms with Crippen molar-refractivity contribution >= 4 is 11.9 Å². The summed E-state index contributed by atoms with van der Waals surface area (Å²) in [6.07, 6.45) is 7.22. The van der Waals surface area contributed by atoms with Crippen LogP contribution < -0.4 is 15.5 Å². The fourth-order valence-corrected chi connectivity index (χ4v) is 3.21. The summed E-state index contributed by atoms with van der Waals surface area (Å²) in [5.74, 6) is 2.70. The van der Waals surface area contributed by atoms with Crippen molar-refractivity contribution in [2.24, 2.45) is 4.99 Å². The van der Waals surface area contributed by atoms with Crippen molar-refractivity contribution in [2.45, 2.75) is 19.8 Å². The van der Waals surface area contributed by atoms with Crippen LogP contribution in [-0.4, -0.2) is 73.2 Å². The lowest BCUT2D eigenvalue weighted by atomic mass is 10.3. The molecule has 0 radical (unpaired) electrons. The maximum Gasteiger partial charge on any atom is 0.225 e. The molecule has 8 nitrogen and oxygen atoms in total. The van der Waals surface area contributed by atoms with Gasteiger partial charge in [-0.15, -0.1) is 0 Å². The smallest absolute Gasteiger partial charge is 0.225 e. The largest absolute Gasteiger partial charge is 0.469 e. The molecule has 0 saturated carbocycles. The molecule has 0 spiro atoms. The Hall–Kier alpha value is -2.61. The number of nitrogens with one attached hydrogen (secondary N) is 2. The third-order valence-electron chi connectivity index (χ3n) is 4.70. The normalized spacial score (nSPS) is 15.6. The first-order chi connectivity index (χ1) is 13.8. The summed E-state index contributed by atoms with van der Waals surface area (Å²) in [6.45, 7) is 9.68. The highest BCUT2D eigenvalue weighted by Gasteiger charge is 2.18. The highest BCUT2D eigenvalue weighted by Crippen LogP contribution is 2.09. The van der Waals surface area contributed by atoms with E-state index in [-0.39, 0.29) is 0 Å². The summed E-state index contributed by atoms with van der Waals surface area (Å²) in [6, 6.07) is 5.77. The Morgan fingerprint density at radius 1 is 1.14 bits per heavy atom. The third-order valence-corrected chi connectivity index (χ3v) is 4.70. The van der Waals surface area contributed by atoms with Gasteiger partial charge in [0.25, 0.3) is 0 Å². The van der Waals surface area contributed by atoms with E-state index in [9.17, 15) is 0 Å². The van der Waals surface area contributed by atoms with Gasteiger partial charge in [0, 0.05) is 71.2 Å². The molecule has 2 N–H and O–H groups in total. The van der Waals surface area contributed by atoms with Crippen molar-refractivity contribution in [2.75, 3.05) is 57.3 Å². The number of rotatable bonds is 9. The number of anilines is 1. The van der Waals surface area contributed by atoms with E-state index in [1.165, 1.54) is 0 Å². The molecule has 8 heteroatoms. The highest BCUT2D eigenvalue weighted by atomic mass is 16.3. The number of aliphatic imine (C=N–C) groups is 1. The molecule has 3 heterocycles. The van der Waals surface area contributed by atoms with Crippen molar-refractivity contribution < 1.29 is 4.42 Å². The number of aromatic nitrogens is 2. The lowest BCUT2D eigenvalue weighted by Crippen LogP contribution is -2.47. The quantitative estimate of drug-likeness (QED) is 0.383. The summed E-state index contributed by atoms with van der Waals surface area (Å²) in [5, 5.41) is 6.67. The van der Waals surface area contributed by atoms with Gasteiger partial charge >= 0.3 is 0 Å². The van der Waals surface area contributed by atoms with Crippen LogP contribution in [0.2, 0.25) is 0 Å². The minimum Gasteiger partial charge on any atom is -0.469 e. The molecule has 0 aliphatic carbocycles. The number of nitrogens with zero attached hydrogens (tertiary/aromatic N) is 5. The zero-order valence-electron chi connectivity index (χ0n) is 16.7. The molecule has 0 bridgehead atoms. The Morgan fingerprint density at radius 2 is 1.96 bits per heavy atom. The van der Waals surface area contributed by atoms with Crippen molar-refractivity contribution in [3.05, 3.63) is 42.6 Å². The number of furan rings is 1. The van der Waals surface area contributed by atoms with Gasteiger partial charge in [-0.3, -0.25) is 9.89 Å². The molecule has 0 amide bonds. The Bertz CT molecular complexity index is 682. The summed E-state index contributed by atoms with van der Waals surface area (Å²) in [4.78, 5) is 18.1. The molecule has 1 saturated heterocycles. The molecule has 152 valence electrons. The molecular formula is C20H31N7O. The van der Waals surface area contributed by atoms with E-state index in [0.717, 1.165) is 82.9 Å². The fraction of sp³-hybridized carbons (Fsp3) is 0.550. The Morgan fingerprint density at radius 3 is 2.68 bits per heavy atom. The molecule has 0 unspecified atom stereocenters. The van der Waals surface area contributed by atoms with Crippen LogP contribution >= 0.6 is 0 Å². The van der Waals surface area contributed by atoms with Crippen LogP contribution in [0.3, 0.4) is 0 Å². The number of guanidine groups is 1. The van der Waals surface area contributed by atoms with Gasteiger partial charge in [0.05, 0.1) is 6.26 Å². The Labute approximate surface area is 167 Å². The van der Waals surface area contributed by atoms with E-state index in [2.05, 4.69) is 42.3 Å². The topological polar surface area (TPSA) is 81.8 Å². The molecular weight excluding hydrogens is 354 g/mol. The minimum absolute atomic E-state index is 0.808. The summed E-state index contributed by atoms with van der Waals surface area (Å²) in [7, 11) is 0. The third kappa shape index (κ3) is 6.53. The summed E-state index contributed by atoms with van der Waals surface area (Å²) < 4.78 is 5.36. The van der Waals surface area contributed by atoms with E-state index in [0.29, 0.717) is 0 Å². The summed E-state index contributed by atoms with van der Waals surface area (Å²) in [5.41, 5.74) is 0. The maximum atomic E-state index is 5.36. The van der Waals surface area contributed by atoms with Crippen molar-refractivity contribution in [1.82, 2.24) is 25.5 Å². The van der Waals surface area contributed by atoms with Crippen molar-refractivity contribution in [1.29, 1.82) is 0 Å². The average Bonchev–Trinajstić information content (AvgIpc) is 3.26. The van der Waals surface area contributed by atoms with Crippen LogP contribution in [0, 0.1) is 0 Å². The predicted molar refractivity (Wildman–Crippen MR) is 112 cm³/mol. The molecule has 2 aromatic rings. The molecule has 3 rings (SSSR count). The van der Waals surface area contributed by atoms with Crippen LogP contribution in [0.15, 0.2) is 46.3 Å². The van der Waals surface area contributed by atoms with Crippen molar-refractivity contribution in [3.63, 3.8) is 0 Å². The van der Waals surface area contributed by atoms with E-state index in [1.807, 2.05) is 18.2 Å². The van der Waals surface area contributed by atoms with Gasteiger partial charge in [0.15, 0.2) is 5.96 Å². The monoisotopic (exact) mass is 385 g/mol. The first kappa shape index (κ1) is 20.1.